The van der Waals surface area contributed by atoms with Crippen molar-refractivity contribution in [3.63, 3.8) is 0 Å². The number of anilines is 1. The van der Waals surface area contributed by atoms with Crippen LogP contribution in [0.3, 0.4) is 0 Å². The molecule has 2 N–H and O–H groups in total. The molecular weight excluding hydrogens is 497 g/mol. The lowest BCUT2D eigenvalue weighted by molar-refractivity contribution is -0.141. The second kappa shape index (κ2) is 8.61. The number of benzene rings is 2. The summed E-state index contributed by atoms with van der Waals surface area (Å²) in [6, 6.07) is 7.31. The molecule has 12 heteroatoms. The third-order valence-corrected chi connectivity index (χ3v) is 5.87. The molecule has 0 aliphatic heterocycles. The van der Waals surface area contributed by atoms with Crippen LogP contribution < -0.4 is 5.32 Å². The van der Waals surface area contributed by atoms with Crippen molar-refractivity contribution in [2.75, 3.05) is 5.32 Å². The molecule has 0 radical (unpaired) electrons. The minimum Gasteiger partial charge on any atom is -0.478 e. The summed E-state index contributed by atoms with van der Waals surface area (Å²) in [5, 5.41) is 12.1. The van der Waals surface area contributed by atoms with Gasteiger partial charge >= 0.3 is 18.3 Å². The lowest BCUT2D eigenvalue weighted by Gasteiger charge is -2.18. The van der Waals surface area contributed by atoms with E-state index in [4.69, 9.17) is 0 Å². The van der Waals surface area contributed by atoms with E-state index in [1.807, 2.05) is 0 Å². The maximum Gasteiger partial charge on any atom is 0.433 e. The van der Waals surface area contributed by atoms with Crippen molar-refractivity contribution in [2.45, 2.75) is 30.6 Å². The molecule has 0 atom stereocenters. The van der Waals surface area contributed by atoms with Crippen molar-refractivity contribution in [1.29, 1.82) is 0 Å². The highest BCUT2D eigenvalue weighted by molar-refractivity contribution is 6.03. The molecule has 188 valence electrons. The van der Waals surface area contributed by atoms with Crippen LogP contribution in [0, 0.1) is 5.82 Å². The van der Waals surface area contributed by atoms with Crippen molar-refractivity contribution in [3.8, 4) is 11.1 Å². The van der Waals surface area contributed by atoms with Gasteiger partial charge in [-0.25, -0.2) is 9.18 Å². The zero-order valence-corrected chi connectivity index (χ0v) is 18.0. The van der Waals surface area contributed by atoms with Crippen molar-refractivity contribution in [1.82, 2.24) is 4.98 Å². The summed E-state index contributed by atoms with van der Waals surface area (Å²) >= 11 is 0. The first kappa shape index (κ1) is 25.1. The predicted octanol–water partition coefficient (Wildman–Crippen LogP) is 6.29. The zero-order valence-electron chi connectivity index (χ0n) is 18.0. The molecular formula is C24H15F7N2O3. The quantitative estimate of drug-likeness (QED) is 0.394. The Bertz CT molecular complexity index is 1350. The van der Waals surface area contributed by atoms with Crippen LogP contribution in [0.2, 0.25) is 0 Å². The number of rotatable bonds is 5. The Balaban J connectivity index is 1.60. The van der Waals surface area contributed by atoms with Crippen molar-refractivity contribution in [2.24, 2.45) is 0 Å². The average molecular weight is 512 g/mol. The van der Waals surface area contributed by atoms with Crippen LogP contribution in [0.1, 0.15) is 40.0 Å². The number of hydrogen-bond donors (Lipinski definition) is 2. The van der Waals surface area contributed by atoms with E-state index in [9.17, 15) is 45.4 Å². The molecule has 1 aliphatic carbocycles. The van der Waals surface area contributed by atoms with Gasteiger partial charge in [0.1, 0.15) is 11.5 Å². The molecule has 2 aromatic carbocycles. The Morgan fingerprint density at radius 1 is 0.917 bits per heavy atom. The Kier molecular flexibility index (Phi) is 6.01. The van der Waals surface area contributed by atoms with Gasteiger partial charge in [0.2, 0.25) is 5.91 Å². The maximum absolute atomic E-state index is 14.5. The molecule has 1 aromatic heterocycles. The highest BCUT2D eigenvalue weighted by atomic mass is 19.4. The summed E-state index contributed by atoms with van der Waals surface area (Å²) in [4.78, 5) is 28.0. The van der Waals surface area contributed by atoms with Gasteiger partial charge in [-0.3, -0.25) is 9.78 Å². The van der Waals surface area contributed by atoms with E-state index in [1.165, 1.54) is 12.1 Å². The number of aromatic carboxylic acids is 1. The van der Waals surface area contributed by atoms with E-state index in [0.717, 1.165) is 24.4 Å². The number of carboxylic acid groups (broad SMARTS) is 1. The molecule has 0 bridgehead atoms. The molecule has 1 heterocycles. The summed E-state index contributed by atoms with van der Waals surface area (Å²) in [7, 11) is 0. The van der Waals surface area contributed by atoms with Crippen LogP contribution in [-0.4, -0.2) is 22.0 Å². The minimum absolute atomic E-state index is 0.000356. The van der Waals surface area contributed by atoms with Gasteiger partial charge in [0.15, 0.2) is 0 Å². The number of amides is 1. The van der Waals surface area contributed by atoms with Crippen LogP contribution >= 0.6 is 0 Å². The van der Waals surface area contributed by atoms with Crippen LogP contribution in [0.15, 0.2) is 54.7 Å². The van der Waals surface area contributed by atoms with E-state index in [-0.39, 0.29) is 40.8 Å². The number of nitrogens with one attached hydrogen (secondary N) is 1. The Morgan fingerprint density at radius 3 is 2.11 bits per heavy atom. The predicted molar refractivity (Wildman–Crippen MR) is 113 cm³/mol. The molecule has 1 saturated carbocycles. The summed E-state index contributed by atoms with van der Waals surface area (Å²) in [5.74, 6) is -3.36. The largest absolute Gasteiger partial charge is 0.478 e. The number of alkyl halides is 6. The smallest absolute Gasteiger partial charge is 0.433 e. The summed E-state index contributed by atoms with van der Waals surface area (Å²) in [5.41, 5.74) is -4.19. The molecule has 0 saturated heterocycles. The first-order valence-electron chi connectivity index (χ1n) is 10.3. The fourth-order valence-electron chi connectivity index (χ4n) is 3.85. The lowest BCUT2D eigenvalue weighted by atomic mass is 9.93. The van der Waals surface area contributed by atoms with Crippen LogP contribution in [0.5, 0.6) is 0 Å². The second-order valence-corrected chi connectivity index (χ2v) is 8.22. The number of hydrogen-bond acceptors (Lipinski definition) is 3. The van der Waals surface area contributed by atoms with Crippen molar-refractivity contribution < 1.29 is 45.4 Å². The molecule has 36 heavy (non-hydrogen) atoms. The summed E-state index contributed by atoms with van der Waals surface area (Å²) in [6.07, 6.45) is -8.22. The number of carbonyl (C=O) groups excluding carboxylic acids is 1. The van der Waals surface area contributed by atoms with Crippen molar-refractivity contribution in [3.05, 3.63) is 82.9 Å². The monoisotopic (exact) mass is 512 g/mol. The fraction of sp³-hybridized carbons (Fsp3) is 0.208. The van der Waals surface area contributed by atoms with E-state index >= 15 is 0 Å². The van der Waals surface area contributed by atoms with Gasteiger partial charge in [-0.1, -0.05) is 18.2 Å². The normalized spacial score (nSPS) is 14.9. The first-order chi connectivity index (χ1) is 16.7. The highest BCUT2D eigenvalue weighted by Crippen LogP contribution is 2.50. The van der Waals surface area contributed by atoms with E-state index in [1.54, 1.807) is 0 Å². The first-order valence-corrected chi connectivity index (χ1v) is 10.3. The molecule has 3 aromatic rings. The molecule has 4 rings (SSSR count). The third kappa shape index (κ3) is 4.75. The van der Waals surface area contributed by atoms with E-state index in [0.29, 0.717) is 18.2 Å². The SMILES string of the molecule is O=C(O)c1cc(NC(=O)C2(c3ccc(C(F)(F)F)cc3F)CC2)ccc1-c1ccc(C(F)(F)F)nc1. The lowest BCUT2D eigenvalue weighted by Crippen LogP contribution is -2.29. The number of pyridine rings is 1. The Labute approximate surface area is 198 Å². The molecule has 1 fully saturated rings. The summed E-state index contributed by atoms with van der Waals surface area (Å²) in [6.45, 7) is 0. The Hall–Kier alpha value is -3.96. The van der Waals surface area contributed by atoms with Gasteiger partial charge in [-0.15, -0.1) is 0 Å². The van der Waals surface area contributed by atoms with Crippen LogP contribution in [0.25, 0.3) is 11.1 Å². The number of aromatic nitrogens is 1. The molecule has 1 aliphatic rings. The maximum atomic E-state index is 14.5. The molecule has 1 amide bonds. The van der Waals surface area contributed by atoms with Crippen LogP contribution in [0.4, 0.5) is 36.4 Å². The topological polar surface area (TPSA) is 79.3 Å². The van der Waals surface area contributed by atoms with Gasteiger partial charge < -0.3 is 10.4 Å². The molecule has 0 unspecified atom stereocenters. The standard InChI is InChI=1S/C24H15F7N2O3/c25-18-9-13(23(26,27)28)2-5-17(18)22(7-8-22)21(36)33-14-3-4-15(16(10-14)20(34)35)12-1-6-19(32-11-12)24(29,30)31/h1-6,9-11H,7-8H2,(H,33,36)(H,34,35). The number of halogens is 7. The van der Waals surface area contributed by atoms with Gasteiger partial charge in [0, 0.05) is 23.0 Å². The fourth-order valence-corrected chi connectivity index (χ4v) is 3.85. The number of carboxylic acids is 1. The highest BCUT2D eigenvalue weighted by Gasteiger charge is 2.53. The Morgan fingerprint density at radius 2 is 1.61 bits per heavy atom. The molecule has 0 spiro atoms. The third-order valence-electron chi connectivity index (χ3n) is 5.87. The minimum atomic E-state index is -4.75. The average Bonchev–Trinajstić information content (AvgIpc) is 3.60. The van der Waals surface area contributed by atoms with Gasteiger partial charge in [-0.05, 0) is 48.7 Å². The second-order valence-electron chi connectivity index (χ2n) is 8.22. The number of nitrogens with zero attached hydrogens (tertiary/aromatic N) is 1. The van der Waals surface area contributed by atoms with Gasteiger partial charge in [-0.2, -0.15) is 26.3 Å². The van der Waals surface area contributed by atoms with Gasteiger partial charge in [0.05, 0.1) is 16.5 Å². The van der Waals surface area contributed by atoms with E-state index in [2.05, 4.69) is 10.3 Å². The zero-order chi connectivity index (χ0) is 26.5. The molecule has 5 nitrogen and oxygen atoms in total. The van der Waals surface area contributed by atoms with Gasteiger partial charge in [0.25, 0.3) is 0 Å². The summed E-state index contributed by atoms with van der Waals surface area (Å²) < 4.78 is 91.3. The van der Waals surface area contributed by atoms with Crippen LogP contribution in [-0.2, 0) is 22.6 Å². The van der Waals surface area contributed by atoms with Crippen molar-refractivity contribution >= 4 is 17.6 Å². The van der Waals surface area contributed by atoms with E-state index < -0.39 is 46.7 Å². The number of carbonyl (C=O) groups is 2.